The van der Waals surface area contributed by atoms with Crippen LogP contribution in [0.4, 0.5) is 5.95 Å². The van der Waals surface area contributed by atoms with Gasteiger partial charge in [0.25, 0.3) is 5.95 Å². The Labute approximate surface area is 78.5 Å². The van der Waals surface area contributed by atoms with E-state index >= 15 is 0 Å². The second kappa shape index (κ2) is 7.48. The highest BCUT2D eigenvalue weighted by atomic mass is 15.5. The van der Waals surface area contributed by atoms with Crippen molar-refractivity contribution in [1.82, 2.24) is 25.5 Å². The lowest BCUT2D eigenvalue weighted by Crippen LogP contribution is -2.21. The van der Waals surface area contributed by atoms with Crippen LogP contribution in [0.2, 0.25) is 0 Å². The smallest absolute Gasteiger partial charge is 0.260 e. The monoisotopic (exact) mass is 186 g/mol. The van der Waals surface area contributed by atoms with Gasteiger partial charge in [0.05, 0.1) is 0 Å². The zero-order valence-electron chi connectivity index (χ0n) is 8.49. The Morgan fingerprint density at radius 2 is 1.77 bits per heavy atom. The molecule has 13 heavy (non-hydrogen) atoms. The number of H-pyrrole nitrogens is 1. The van der Waals surface area contributed by atoms with Crippen LogP contribution in [-0.2, 0) is 0 Å². The highest BCUT2D eigenvalue weighted by Crippen LogP contribution is 1.81. The van der Waals surface area contributed by atoms with Gasteiger partial charge in [0.2, 0.25) is 0 Å². The Bertz CT molecular complexity index is 175. The average molecular weight is 186 g/mol. The Morgan fingerprint density at radius 3 is 1.85 bits per heavy atom. The van der Waals surface area contributed by atoms with Crippen molar-refractivity contribution in [3.05, 3.63) is 0 Å². The van der Waals surface area contributed by atoms with Crippen LogP contribution < -0.4 is 5.73 Å². The van der Waals surface area contributed by atoms with Crippen LogP contribution in [0.15, 0.2) is 0 Å². The van der Waals surface area contributed by atoms with E-state index in [0.717, 1.165) is 0 Å². The fraction of sp³-hybridized carbons (Fsp3) is 0.857. The highest BCUT2D eigenvalue weighted by Gasteiger charge is 1.89. The minimum Gasteiger partial charge on any atom is -0.365 e. The van der Waals surface area contributed by atoms with Gasteiger partial charge >= 0.3 is 0 Å². The molecule has 0 aliphatic heterocycles. The molecule has 0 fully saturated rings. The first-order chi connectivity index (χ1) is 6.24. The van der Waals surface area contributed by atoms with E-state index in [1.165, 1.54) is 19.6 Å². The molecule has 0 aromatic carbocycles. The van der Waals surface area contributed by atoms with E-state index in [1.807, 2.05) is 0 Å². The van der Waals surface area contributed by atoms with Crippen LogP contribution in [-0.4, -0.2) is 45.2 Å². The molecule has 0 aliphatic carbocycles. The quantitative estimate of drug-likeness (QED) is 0.701. The van der Waals surface area contributed by atoms with Gasteiger partial charge in [-0.3, -0.25) is 0 Å². The maximum Gasteiger partial charge on any atom is 0.260 e. The number of aromatic amines is 1. The second-order valence-electron chi connectivity index (χ2n) is 2.39. The number of anilines is 1. The van der Waals surface area contributed by atoms with Gasteiger partial charge in [-0.1, -0.05) is 25.9 Å². The summed E-state index contributed by atoms with van der Waals surface area (Å²) in [6, 6.07) is 0. The third kappa shape index (κ3) is 6.03. The normalized spacial score (nSPS) is 9.54. The SMILES string of the molecule is CCN(CC)CC.Nc1nn[nH]n1. The summed E-state index contributed by atoms with van der Waals surface area (Å²) < 4.78 is 0. The summed E-state index contributed by atoms with van der Waals surface area (Å²) in [5.41, 5.74) is 4.96. The number of rotatable bonds is 3. The number of hydrogen-bond donors (Lipinski definition) is 2. The third-order valence-electron chi connectivity index (χ3n) is 1.70. The molecule has 6 heteroatoms. The molecular formula is C7H18N6. The molecule has 0 saturated carbocycles. The molecule has 0 saturated heterocycles. The van der Waals surface area contributed by atoms with E-state index in [4.69, 9.17) is 5.73 Å². The molecule has 0 amide bonds. The lowest BCUT2D eigenvalue weighted by atomic mass is 10.5. The minimum atomic E-state index is 0.176. The predicted octanol–water partition coefficient (Wildman–Crippen LogP) is 0.130. The summed E-state index contributed by atoms with van der Waals surface area (Å²) in [5, 5.41) is 12.0. The summed E-state index contributed by atoms with van der Waals surface area (Å²) in [6.07, 6.45) is 0. The standard InChI is InChI=1S/C6H15N.CH3N5/c1-4-7(5-2)6-3;2-1-3-5-6-4-1/h4-6H2,1-3H3;(H3,2,3,4,5,6). The molecule has 0 spiro atoms. The molecule has 0 radical (unpaired) electrons. The lowest BCUT2D eigenvalue weighted by Gasteiger charge is -2.13. The van der Waals surface area contributed by atoms with Crippen LogP contribution in [0.3, 0.4) is 0 Å². The van der Waals surface area contributed by atoms with Gasteiger partial charge < -0.3 is 10.6 Å². The number of nitrogen functional groups attached to an aromatic ring is 1. The molecule has 1 aromatic rings. The third-order valence-corrected chi connectivity index (χ3v) is 1.70. The number of hydrogen-bond acceptors (Lipinski definition) is 5. The van der Waals surface area contributed by atoms with Gasteiger partial charge in [-0.15, -0.1) is 5.10 Å². The van der Waals surface area contributed by atoms with Crippen molar-refractivity contribution in [3.8, 4) is 0 Å². The fourth-order valence-electron chi connectivity index (χ4n) is 0.840. The summed E-state index contributed by atoms with van der Waals surface area (Å²) in [5.74, 6) is 0.176. The van der Waals surface area contributed by atoms with Crippen LogP contribution in [0, 0.1) is 0 Å². The van der Waals surface area contributed by atoms with E-state index < -0.39 is 0 Å². The van der Waals surface area contributed by atoms with Crippen LogP contribution in [0.1, 0.15) is 20.8 Å². The van der Waals surface area contributed by atoms with Crippen molar-refractivity contribution in [2.24, 2.45) is 0 Å². The Morgan fingerprint density at radius 1 is 1.23 bits per heavy atom. The van der Waals surface area contributed by atoms with Crippen molar-refractivity contribution in [2.75, 3.05) is 25.4 Å². The molecule has 6 nitrogen and oxygen atoms in total. The van der Waals surface area contributed by atoms with E-state index in [0.29, 0.717) is 0 Å². The van der Waals surface area contributed by atoms with Gasteiger partial charge in [0.1, 0.15) is 0 Å². The van der Waals surface area contributed by atoms with E-state index in [2.05, 4.69) is 46.3 Å². The van der Waals surface area contributed by atoms with Gasteiger partial charge in [0, 0.05) is 0 Å². The maximum absolute atomic E-state index is 4.96. The molecule has 3 N–H and O–H groups in total. The Balaban J connectivity index is 0.000000223. The van der Waals surface area contributed by atoms with Gasteiger partial charge in [0.15, 0.2) is 0 Å². The van der Waals surface area contributed by atoms with Gasteiger partial charge in [-0.25, -0.2) is 0 Å². The topological polar surface area (TPSA) is 83.7 Å². The van der Waals surface area contributed by atoms with Gasteiger partial charge in [-0.05, 0) is 24.8 Å². The molecule has 1 heterocycles. The Kier molecular flexibility index (Phi) is 6.80. The van der Waals surface area contributed by atoms with Crippen LogP contribution in [0.5, 0.6) is 0 Å². The second-order valence-corrected chi connectivity index (χ2v) is 2.39. The van der Waals surface area contributed by atoms with Crippen molar-refractivity contribution >= 4 is 5.95 Å². The average Bonchev–Trinajstić information content (AvgIpc) is 2.60. The first-order valence-electron chi connectivity index (χ1n) is 4.45. The fourth-order valence-corrected chi connectivity index (χ4v) is 0.840. The summed E-state index contributed by atoms with van der Waals surface area (Å²) in [4.78, 5) is 2.38. The zero-order chi connectivity index (χ0) is 10.1. The predicted molar refractivity (Wildman–Crippen MR) is 52.1 cm³/mol. The highest BCUT2D eigenvalue weighted by molar-refractivity contribution is 5.05. The first kappa shape index (κ1) is 11.8. The summed E-state index contributed by atoms with van der Waals surface area (Å²) in [7, 11) is 0. The van der Waals surface area contributed by atoms with Crippen LogP contribution >= 0.6 is 0 Å². The number of nitrogens with one attached hydrogen (secondary N) is 1. The molecule has 76 valence electrons. The minimum absolute atomic E-state index is 0.176. The number of nitrogens with zero attached hydrogens (tertiary/aromatic N) is 4. The number of aromatic nitrogens is 4. The number of nitrogens with two attached hydrogens (primary N) is 1. The largest absolute Gasteiger partial charge is 0.365 e. The van der Waals surface area contributed by atoms with Gasteiger partial charge in [-0.2, -0.15) is 5.21 Å². The molecule has 0 bridgehead atoms. The molecule has 0 unspecified atom stereocenters. The van der Waals surface area contributed by atoms with Crippen molar-refractivity contribution < 1.29 is 0 Å². The van der Waals surface area contributed by atoms with Crippen LogP contribution in [0.25, 0.3) is 0 Å². The molecule has 1 rings (SSSR count). The van der Waals surface area contributed by atoms with Crippen molar-refractivity contribution in [2.45, 2.75) is 20.8 Å². The van der Waals surface area contributed by atoms with Crippen molar-refractivity contribution in [1.29, 1.82) is 0 Å². The molecule has 0 atom stereocenters. The maximum atomic E-state index is 4.96. The Hall–Kier alpha value is -1.17. The molecule has 1 aromatic heterocycles. The summed E-state index contributed by atoms with van der Waals surface area (Å²) in [6.45, 7) is 10.1. The van der Waals surface area contributed by atoms with E-state index in [-0.39, 0.29) is 5.95 Å². The van der Waals surface area contributed by atoms with E-state index in [9.17, 15) is 0 Å². The first-order valence-corrected chi connectivity index (χ1v) is 4.45. The molecule has 0 aliphatic rings. The lowest BCUT2D eigenvalue weighted by molar-refractivity contribution is 0.321. The number of tetrazole rings is 1. The van der Waals surface area contributed by atoms with Crippen molar-refractivity contribution in [3.63, 3.8) is 0 Å². The summed E-state index contributed by atoms with van der Waals surface area (Å²) >= 11 is 0. The van der Waals surface area contributed by atoms with E-state index in [1.54, 1.807) is 0 Å². The molecular weight excluding hydrogens is 168 g/mol. The zero-order valence-corrected chi connectivity index (χ0v) is 8.49.